The maximum Gasteiger partial charge on any atom is 0.326 e. The number of primary amides is 1. The van der Waals surface area contributed by atoms with Gasteiger partial charge in [0.25, 0.3) is 0 Å². The van der Waals surface area contributed by atoms with Crippen molar-refractivity contribution in [1.82, 2.24) is 10.8 Å². The number of ketones is 1. The van der Waals surface area contributed by atoms with E-state index < -0.39 is 54.4 Å². The summed E-state index contributed by atoms with van der Waals surface area (Å²) in [4.78, 5) is 45.2. The number of hydrogen-bond acceptors (Lipinski definition) is 6. The van der Waals surface area contributed by atoms with Crippen molar-refractivity contribution in [2.24, 2.45) is 17.6 Å². The summed E-state index contributed by atoms with van der Waals surface area (Å²) < 4.78 is 0. The SMILES string of the molecule is CC(C)C(C(=O)CNO)C(=O)N[C@@H](CC(N)=O)C(=O)O. The first-order valence-corrected chi connectivity index (χ1v) is 5.91. The number of hydroxylamine groups is 1. The molecule has 6 N–H and O–H groups in total. The summed E-state index contributed by atoms with van der Waals surface area (Å²) in [6.07, 6.45) is -0.571. The van der Waals surface area contributed by atoms with Gasteiger partial charge in [-0.2, -0.15) is 5.48 Å². The average Bonchev–Trinajstić information content (AvgIpc) is 2.27. The van der Waals surface area contributed by atoms with E-state index in [4.69, 9.17) is 16.0 Å². The van der Waals surface area contributed by atoms with Crippen molar-refractivity contribution in [3.05, 3.63) is 0 Å². The van der Waals surface area contributed by atoms with Crippen molar-refractivity contribution < 1.29 is 29.5 Å². The first kappa shape index (κ1) is 18.0. The predicted molar refractivity (Wildman–Crippen MR) is 66.5 cm³/mol. The third-order valence-corrected chi connectivity index (χ3v) is 2.57. The van der Waals surface area contributed by atoms with Crippen molar-refractivity contribution >= 4 is 23.6 Å². The van der Waals surface area contributed by atoms with Crippen LogP contribution in [0.25, 0.3) is 0 Å². The zero-order valence-electron chi connectivity index (χ0n) is 11.3. The van der Waals surface area contributed by atoms with Crippen LogP contribution in [0.2, 0.25) is 0 Å². The number of carbonyl (C=O) groups is 4. The van der Waals surface area contributed by atoms with Gasteiger partial charge in [-0.3, -0.25) is 14.4 Å². The van der Waals surface area contributed by atoms with E-state index in [1.165, 1.54) is 0 Å². The van der Waals surface area contributed by atoms with Gasteiger partial charge in [0, 0.05) is 0 Å². The molecule has 0 aliphatic rings. The van der Waals surface area contributed by atoms with Gasteiger partial charge in [0.2, 0.25) is 11.8 Å². The second-order valence-corrected chi connectivity index (χ2v) is 4.59. The quantitative estimate of drug-likeness (QED) is 0.248. The standard InChI is InChI=1S/C11H19N3O6/c1-5(2)9(7(15)4-13-20)10(17)14-6(11(18)19)3-8(12)16/h5-6,9,13,20H,3-4H2,1-2H3,(H2,12,16)(H,14,17)(H,18,19)/t6-,9?/m0/s1. The van der Waals surface area contributed by atoms with Crippen LogP contribution in [0.1, 0.15) is 20.3 Å². The number of Topliss-reactive ketones (excluding diaryl/α,β-unsaturated/α-hetero) is 1. The average molecular weight is 289 g/mol. The molecule has 0 aromatic heterocycles. The molecule has 2 atom stereocenters. The lowest BCUT2D eigenvalue weighted by atomic mass is 9.90. The predicted octanol–water partition coefficient (Wildman–Crippen LogP) is -1.75. The molecule has 0 rings (SSSR count). The van der Waals surface area contributed by atoms with Crippen LogP contribution < -0.4 is 16.5 Å². The molecule has 0 aromatic carbocycles. The highest BCUT2D eigenvalue weighted by atomic mass is 16.5. The maximum absolute atomic E-state index is 11.9. The number of carbonyl (C=O) groups excluding carboxylic acids is 3. The zero-order chi connectivity index (χ0) is 15.9. The van der Waals surface area contributed by atoms with Gasteiger partial charge in [0.1, 0.15) is 12.0 Å². The molecule has 0 bridgehead atoms. The van der Waals surface area contributed by atoms with Crippen LogP contribution in [0, 0.1) is 11.8 Å². The minimum Gasteiger partial charge on any atom is -0.480 e. The molecule has 0 aliphatic heterocycles. The Bertz CT molecular complexity index is 396. The fraction of sp³-hybridized carbons (Fsp3) is 0.636. The van der Waals surface area contributed by atoms with E-state index >= 15 is 0 Å². The van der Waals surface area contributed by atoms with Crippen LogP contribution in [0.3, 0.4) is 0 Å². The van der Waals surface area contributed by atoms with Gasteiger partial charge in [-0.05, 0) is 5.92 Å². The second-order valence-electron chi connectivity index (χ2n) is 4.59. The van der Waals surface area contributed by atoms with E-state index in [1.807, 2.05) is 0 Å². The maximum atomic E-state index is 11.9. The second kappa shape index (κ2) is 8.23. The minimum absolute atomic E-state index is 0.404. The summed E-state index contributed by atoms with van der Waals surface area (Å²) in [6.45, 7) is 2.76. The van der Waals surface area contributed by atoms with Gasteiger partial charge in [0.05, 0.1) is 13.0 Å². The Morgan fingerprint density at radius 2 is 1.75 bits per heavy atom. The first-order valence-electron chi connectivity index (χ1n) is 5.91. The highest BCUT2D eigenvalue weighted by Crippen LogP contribution is 2.13. The molecule has 1 unspecified atom stereocenters. The van der Waals surface area contributed by atoms with Crippen molar-refractivity contribution in [3.63, 3.8) is 0 Å². The monoisotopic (exact) mass is 289 g/mol. The van der Waals surface area contributed by atoms with Gasteiger partial charge in [-0.25, -0.2) is 4.79 Å². The highest BCUT2D eigenvalue weighted by Gasteiger charge is 2.32. The number of amides is 2. The summed E-state index contributed by atoms with van der Waals surface area (Å²) in [6, 6.07) is -1.49. The molecule has 9 heteroatoms. The van der Waals surface area contributed by atoms with E-state index in [9.17, 15) is 19.2 Å². The van der Waals surface area contributed by atoms with E-state index in [1.54, 1.807) is 19.3 Å². The molecule has 0 fully saturated rings. The Kier molecular flexibility index (Phi) is 7.40. The molecule has 0 spiro atoms. The van der Waals surface area contributed by atoms with Gasteiger partial charge in [-0.15, -0.1) is 0 Å². The number of nitrogens with two attached hydrogens (primary N) is 1. The minimum atomic E-state index is -1.49. The van der Waals surface area contributed by atoms with Crippen LogP contribution in [-0.4, -0.2) is 46.5 Å². The molecule has 0 heterocycles. The first-order chi connectivity index (χ1) is 9.20. The van der Waals surface area contributed by atoms with E-state index in [0.29, 0.717) is 0 Å². The summed E-state index contributed by atoms with van der Waals surface area (Å²) in [5.74, 6) is -5.27. The fourth-order valence-corrected chi connectivity index (χ4v) is 1.67. The third-order valence-electron chi connectivity index (χ3n) is 2.57. The lowest BCUT2D eigenvalue weighted by Gasteiger charge is -2.21. The van der Waals surface area contributed by atoms with E-state index in [0.717, 1.165) is 0 Å². The molecule has 0 saturated carbocycles. The highest BCUT2D eigenvalue weighted by molar-refractivity contribution is 6.03. The Hall–Kier alpha value is -2.00. The fourth-order valence-electron chi connectivity index (χ4n) is 1.67. The molecule has 114 valence electrons. The largest absolute Gasteiger partial charge is 0.480 e. The van der Waals surface area contributed by atoms with Crippen LogP contribution in [0.4, 0.5) is 0 Å². The van der Waals surface area contributed by atoms with Crippen LogP contribution in [0.5, 0.6) is 0 Å². The van der Waals surface area contributed by atoms with E-state index in [-0.39, 0.29) is 0 Å². The lowest BCUT2D eigenvalue weighted by Crippen LogP contribution is -2.49. The Labute approximate surface area is 115 Å². The summed E-state index contributed by atoms with van der Waals surface area (Å²) in [5.41, 5.74) is 6.53. The van der Waals surface area contributed by atoms with Crippen molar-refractivity contribution in [1.29, 1.82) is 0 Å². The van der Waals surface area contributed by atoms with Gasteiger partial charge < -0.3 is 21.4 Å². The van der Waals surface area contributed by atoms with Crippen LogP contribution in [-0.2, 0) is 19.2 Å². The summed E-state index contributed by atoms with van der Waals surface area (Å²) >= 11 is 0. The van der Waals surface area contributed by atoms with Crippen molar-refractivity contribution in [2.75, 3.05) is 6.54 Å². The van der Waals surface area contributed by atoms with E-state index in [2.05, 4.69) is 5.32 Å². The summed E-state index contributed by atoms with van der Waals surface area (Å²) in [5, 5.41) is 19.5. The van der Waals surface area contributed by atoms with Gasteiger partial charge >= 0.3 is 5.97 Å². The summed E-state index contributed by atoms with van der Waals surface area (Å²) in [7, 11) is 0. The van der Waals surface area contributed by atoms with Gasteiger partial charge in [0.15, 0.2) is 5.78 Å². The number of hydrogen-bond donors (Lipinski definition) is 5. The molecule has 0 saturated heterocycles. The molecule has 0 aliphatic carbocycles. The van der Waals surface area contributed by atoms with Crippen LogP contribution in [0.15, 0.2) is 0 Å². The number of rotatable bonds is 9. The molecular weight excluding hydrogens is 270 g/mol. The number of aliphatic carboxylic acids is 1. The lowest BCUT2D eigenvalue weighted by molar-refractivity contribution is -0.145. The van der Waals surface area contributed by atoms with Gasteiger partial charge in [-0.1, -0.05) is 13.8 Å². The molecule has 2 amide bonds. The molecule has 9 nitrogen and oxygen atoms in total. The number of carboxylic acids is 1. The molecule has 0 radical (unpaired) electrons. The van der Waals surface area contributed by atoms with Crippen molar-refractivity contribution in [2.45, 2.75) is 26.3 Å². The number of carboxylic acid groups (broad SMARTS) is 1. The molecule has 0 aromatic rings. The zero-order valence-corrected chi connectivity index (χ0v) is 11.3. The normalized spacial score (nSPS) is 13.6. The Morgan fingerprint density at radius 3 is 2.10 bits per heavy atom. The smallest absolute Gasteiger partial charge is 0.326 e. The third kappa shape index (κ3) is 5.76. The Morgan fingerprint density at radius 1 is 1.20 bits per heavy atom. The van der Waals surface area contributed by atoms with Crippen LogP contribution >= 0.6 is 0 Å². The Balaban J connectivity index is 4.93. The van der Waals surface area contributed by atoms with Crippen molar-refractivity contribution in [3.8, 4) is 0 Å². The molecular formula is C11H19N3O6. The number of nitrogens with one attached hydrogen (secondary N) is 2. The molecule has 20 heavy (non-hydrogen) atoms. The topological polar surface area (TPSA) is 159 Å².